The molecular weight excluding hydrogens is 458 g/mol. The van der Waals surface area contributed by atoms with E-state index in [4.69, 9.17) is 0 Å². The van der Waals surface area contributed by atoms with Gasteiger partial charge in [0.2, 0.25) is 5.95 Å². The molecule has 11 heteroatoms. The fourth-order valence-corrected chi connectivity index (χ4v) is 5.17. The van der Waals surface area contributed by atoms with Crippen molar-refractivity contribution in [3.05, 3.63) is 42.9 Å². The predicted molar refractivity (Wildman–Crippen MR) is 134 cm³/mol. The van der Waals surface area contributed by atoms with Crippen LogP contribution in [0.3, 0.4) is 0 Å². The maximum Gasteiger partial charge on any atom is 0.306 e. The molecule has 0 bridgehead atoms. The summed E-state index contributed by atoms with van der Waals surface area (Å²) in [4.78, 5) is 22.7. The van der Waals surface area contributed by atoms with E-state index < -0.39 is 5.97 Å². The summed E-state index contributed by atoms with van der Waals surface area (Å²) in [6.45, 7) is 4.33. The average Bonchev–Trinajstić information content (AvgIpc) is 3.70. The van der Waals surface area contributed by atoms with Crippen LogP contribution in [0.2, 0.25) is 0 Å². The van der Waals surface area contributed by atoms with Gasteiger partial charge < -0.3 is 15.3 Å². The van der Waals surface area contributed by atoms with Crippen LogP contribution in [0.4, 0.5) is 5.95 Å². The summed E-state index contributed by atoms with van der Waals surface area (Å²) in [6, 6.07) is 8.14. The number of nitrogens with zero attached hydrogens (tertiary/aromatic N) is 8. The molecule has 186 valence electrons. The highest BCUT2D eigenvalue weighted by Crippen LogP contribution is 2.28. The number of hydrogen-bond acceptors (Lipinski definition) is 8. The molecule has 0 unspecified atom stereocenters. The standard InChI is InChI=1S/C25H29N9O2/c35-24(36)18-3-6-20(13-18)28-25-26-15-22-23(29-25)34(31-30-22)21-7-4-17(5-8-21)19-14-27-33(16-19)12-11-32-9-1-2-10-32/h4-5,7-8,14-16,18,20H,1-3,6,9-13H2,(H,35,36)(H,26,28,29)/t18-,20+/m0/s1. The van der Waals surface area contributed by atoms with Crippen molar-refractivity contribution in [1.82, 2.24) is 39.6 Å². The number of aliphatic carboxylic acids is 1. The lowest BCUT2D eigenvalue weighted by Crippen LogP contribution is -2.24. The number of carboxylic acids is 1. The van der Waals surface area contributed by atoms with Crippen LogP contribution in [-0.4, -0.2) is 76.4 Å². The van der Waals surface area contributed by atoms with Crippen LogP contribution < -0.4 is 5.32 Å². The molecule has 11 nitrogen and oxygen atoms in total. The fourth-order valence-electron chi connectivity index (χ4n) is 5.17. The number of fused-ring (bicyclic) bond motifs is 1. The third-order valence-electron chi connectivity index (χ3n) is 7.23. The summed E-state index contributed by atoms with van der Waals surface area (Å²) in [5, 5.41) is 25.6. The maximum absolute atomic E-state index is 11.3. The molecule has 2 fully saturated rings. The molecule has 0 radical (unpaired) electrons. The van der Waals surface area contributed by atoms with E-state index in [2.05, 4.69) is 53.9 Å². The Kier molecular flexibility index (Phi) is 6.06. The zero-order valence-corrected chi connectivity index (χ0v) is 20.0. The fraction of sp³-hybridized carbons (Fsp3) is 0.440. The topological polar surface area (TPSA) is 127 Å². The molecule has 0 spiro atoms. The lowest BCUT2D eigenvalue weighted by Gasteiger charge is -2.13. The smallest absolute Gasteiger partial charge is 0.306 e. The monoisotopic (exact) mass is 487 g/mol. The van der Waals surface area contributed by atoms with Gasteiger partial charge in [-0.2, -0.15) is 14.8 Å². The number of nitrogens with one attached hydrogen (secondary N) is 1. The number of benzene rings is 1. The Hall–Kier alpha value is -3.86. The van der Waals surface area contributed by atoms with E-state index in [0.29, 0.717) is 30.0 Å². The van der Waals surface area contributed by atoms with Gasteiger partial charge in [0, 0.05) is 24.3 Å². The maximum atomic E-state index is 11.3. The Morgan fingerprint density at radius 3 is 2.67 bits per heavy atom. The summed E-state index contributed by atoms with van der Waals surface area (Å²) in [5.41, 5.74) is 4.21. The molecule has 2 N–H and O–H groups in total. The van der Waals surface area contributed by atoms with Crippen LogP contribution in [0.5, 0.6) is 0 Å². The molecule has 6 rings (SSSR count). The van der Waals surface area contributed by atoms with Gasteiger partial charge in [-0.1, -0.05) is 17.3 Å². The highest BCUT2D eigenvalue weighted by molar-refractivity contribution is 5.73. The molecule has 1 saturated carbocycles. The first-order valence-corrected chi connectivity index (χ1v) is 12.6. The minimum atomic E-state index is -0.740. The minimum absolute atomic E-state index is 0.0448. The van der Waals surface area contributed by atoms with Crippen molar-refractivity contribution in [1.29, 1.82) is 0 Å². The Labute approximate surface area is 208 Å². The quantitative estimate of drug-likeness (QED) is 0.386. The molecule has 1 aromatic carbocycles. The molecule has 1 aliphatic carbocycles. The summed E-state index contributed by atoms with van der Waals surface area (Å²) >= 11 is 0. The van der Waals surface area contributed by atoms with Crippen molar-refractivity contribution in [2.75, 3.05) is 25.0 Å². The molecule has 0 amide bonds. The Morgan fingerprint density at radius 1 is 1.06 bits per heavy atom. The molecule has 2 aliphatic rings. The van der Waals surface area contributed by atoms with Crippen LogP contribution in [0.25, 0.3) is 28.0 Å². The van der Waals surface area contributed by atoms with Crippen molar-refractivity contribution in [2.24, 2.45) is 5.92 Å². The zero-order chi connectivity index (χ0) is 24.5. The normalized spacial score (nSPS) is 20.3. The van der Waals surface area contributed by atoms with Crippen LogP contribution in [-0.2, 0) is 11.3 Å². The highest BCUT2D eigenvalue weighted by atomic mass is 16.4. The third-order valence-corrected chi connectivity index (χ3v) is 7.23. The van der Waals surface area contributed by atoms with Crippen molar-refractivity contribution in [2.45, 2.75) is 44.7 Å². The number of aromatic nitrogens is 7. The van der Waals surface area contributed by atoms with Gasteiger partial charge >= 0.3 is 5.97 Å². The largest absolute Gasteiger partial charge is 0.481 e. The van der Waals surface area contributed by atoms with Crippen molar-refractivity contribution in [3.63, 3.8) is 0 Å². The summed E-state index contributed by atoms with van der Waals surface area (Å²) in [7, 11) is 0. The predicted octanol–water partition coefficient (Wildman–Crippen LogP) is 2.83. The van der Waals surface area contributed by atoms with Gasteiger partial charge in [-0.15, -0.1) is 5.10 Å². The zero-order valence-electron chi connectivity index (χ0n) is 20.0. The lowest BCUT2D eigenvalue weighted by atomic mass is 10.1. The number of likely N-dealkylation sites (tertiary alicyclic amines) is 1. The lowest BCUT2D eigenvalue weighted by molar-refractivity contribution is -0.141. The summed E-state index contributed by atoms with van der Waals surface area (Å²) < 4.78 is 3.71. The van der Waals surface area contributed by atoms with E-state index in [0.717, 1.165) is 36.3 Å². The van der Waals surface area contributed by atoms with E-state index in [1.165, 1.54) is 25.9 Å². The summed E-state index contributed by atoms with van der Waals surface area (Å²) in [6.07, 6.45) is 10.3. The molecular formula is C25H29N9O2. The molecule has 4 aromatic rings. The number of anilines is 1. The molecule has 36 heavy (non-hydrogen) atoms. The highest BCUT2D eigenvalue weighted by Gasteiger charge is 2.30. The first-order valence-electron chi connectivity index (χ1n) is 12.6. The van der Waals surface area contributed by atoms with E-state index in [-0.39, 0.29) is 12.0 Å². The molecule has 2 atom stereocenters. The second-order valence-electron chi connectivity index (χ2n) is 9.68. The number of carbonyl (C=O) groups is 1. The average molecular weight is 488 g/mol. The number of rotatable bonds is 8. The molecule has 1 saturated heterocycles. The van der Waals surface area contributed by atoms with E-state index >= 15 is 0 Å². The van der Waals surface area contributed by atoms with Crippen LogP contribution in [0.15, 0.2) is 42.9 Å². The molecule has 4 heterocycles. The van der Waals surface area contributed by atoms with Crippen molar-refractivity contribution < 1.29 is 9.90 Å². The first kappa shape index (κ1) is 22.6. The van der Waals surface area contributed by atoms with Gasteiger partial charge in [0.15, 0.2) is 11.2 Å². The SMILES string of the molecule is O=C(O)[C@H]1CC[C@@H](Nc2ncc3nnn(-c4ccc(-c5cnn(CCN6CCCC6)c5)cc4)c3n2)C1. The Bertz CT molecular complexity index is 1360. The van der Waals surface area contributed by atoms with Crippen LogP contribution in [0.1, 0.15) is 32.1 Å². The van der Waals surface area contributed by atoms with E-state index in [1.807, 2.05) is 23.0 Å². The van der Waals surface area contributed by atoms with Gasteiger partial charge in [0.1, 0.15) is 0 Å². The van der Waals surface area contributed by atoms with Gasteiger partial charge in [0.05, 0.1) is 30.5 Å². The Morgan fingerprint density at radius 2 is 1.89 bits per heavy atom. The van der Waals surface area contributed by atoms with Crippen molar-refractivity contribution >= 4 is 23.1 Å². The van der Waals surface area contributed by atoms with Crippen LogP contribution in [0, 0.1) is 5.92 Å². The van der Waals surface area contributed by atoms with Crippen molar-refractivity contribution in [3.8, 4) is 16.8 Å². The van der Waals surface area contributed by atoms with Gasteiger partial charge in [-0.05, 0) is 62.9 Å². The van der Waals surface area contributed by atoms with Crippen LogP contribution >= 0.6 is 0 Å². The number of hydrogen-bond donors (Lipinski definition) is 2. The first-order chi connectivity index (χ1) is 17.6. The molecule has 3 aromatic heterocycles. The third kappa shape index (κ3) is 4.66. The van der Waals surface area contributed by atoms with E-state index in [1.54, 1.807) is 10.9 Å². The Balaban J connectivity index is 1.16. The second-order valence-corrected chi connectivity index (χ2v) is 9.68. The van der Waals surface area contributed by atoms with Gasteiger partial charge in [-0.3, -0.25) is 9.48 Å². The molecule has 1 aliphatic heterocycles. The summed E-state index contributed by atoms with van der Waals surface area (Å²) in [5.74, 6) is -0.593. The van der Waals surface area contributed by atoms with E-state index in [9.17, 15) is 9.90 Å². The van der Waals surface area contributed by atoms with Gasteiger partial charge in [-0.25, -0.2) is 4.98 Å². The second kappa shape index (κ2) is 9.65. The number of carboxylic acid groups (broad SMARTS) is 1. The van der Waals surface area contributed by atoms with Gasteiger partial charge in [0.25, 0.3) is 0 Å². The minimum Gasteiger partial charge on any atom is -0.481 e.